The Bertz CT molecular complexity index is 819. The molecule has 2 rings (SSSR count). The zero-order chi connectivity index (χ0) is 20.5. The van der Waals surface area contributed by atoms with Crippen molar-refractivity contribution in [1.82, 2.24) is 10.3 Å². The van der Waals surface area contributed by atoms with Crippen LogP contribution in [-0.4, -0.2) is 30.1 Å². The third kappa shape index (κ3) is 6.23. The van der Waals surface area contributed by atoms with Gasteiger partial charge in [-0.25, -0.2) is 4.98 Å². The second-order valence-corrected chi connectivity index (χ2v) is 7.26. The minimum Gasteiger partial charge on any atom is -0.544 e. The fourth-order valence-electron chi connectivity index (χ4n) is 2.49. The van der Waals surface area contributed by atoms with Crippen molar-refractivity contribution in [2.45, 2.75) is 46.6 Å². The number of benzene rings is 1. The molecule has 0 saturated heterocycles. The highest BCUT2D eigenvalue weighted by Gasteiger charge is 2.13. The number of aromatic nitrogens is 1. The molecule has 0 aliphatic rings. The van der Waals surface area contributed by atoms with Gasteiger partial charge in [0.2, 0.25) is 5.91 Å². The van der Waals surface area contributed by atoms with Crippen LogP contribution in [0.4, 0.5) is 0 Å². The van der Waals surface area contributed by atoms with Crippen LogP contribution >= 0.6 is 11.3 Å². The summed E-state index contributed by atoms with van der Waals surface area (Å²) in [5.74, 6) is -0.163. The van der Waals surface area contributed by atoms with Crippen LogP contribution < -0.4 is 19.9 Å². The second-order valence-electron chi connectivity index (χ2n) is 6.18. The highest BCUT2D eigenvalue weighted by molar-refractivity contribution is 7.13. The van der Waals surface area contributed by atoms with Crippen molar-refractivity contribution < 1.29 is 24.2 Å². The standard InChI is InChI=1S/C20H26N2O5S/c1-4-6-9-27-15-8-7-14(10-16(15)26-5-2)12-21-17(23)11-18-22-13(3)19(28-18)20(24)25/h7-8,10H,4-6,9,11-12H2,1-3H3,(H,21,23)(H,24,25)/p-1. The quantitative estimate of drug-likeness (QED) is 0.576. The number of hydrogen-bond donors (Lipinski definition) is 1. The molecule has 0 bridgehead atoms. The lowest BCUT2D eigenvalue weighted by molar-refractivity contribution is -0.254. The molecule has 8 heteroatoms. The third-order valence-electron chi connectivity index (χ3n) is 3.89. The maximum atomic E-state index is 12.2. The second kappa shape index (κ2) is 10.7. The van der Waals surface area contributed by atoms with E-state index in [1.54, 1.807) is 6.92 Å². The number of nitrogens with one attached hydrogen (secondary N) is 1. The highest BCUT2D eigenvalue weighted by atomic mass is 32.1. The first-order valence-electron chi connectivity index (χ1n) is 9.27. The number of hydrogen-bond acceptors (Lipinski definition) is 7. The molecule has 1 amide bonds. The van der Waals surface area contributed by atoms with Gasteiger partial charge < -0.3 is 24.7 Å². The molecule has 0 radical (unpaired) electrons. The molecule has 1 aromatic carbocycles. The summed E-state index contributed by atoms with van der Waals surface area (Å²) in [4.78, 5) is 27.3. The first kappa shape index (κ1) is 21.7. The van der Waals surface area contributed by atoms with Gasteiger partial charge in [0.1, 0.15) is 5.01 Å². The zero-order valence-electron chi connectivity index (χ0n) is 16.4. The van der Waals surface area contributed by atoms with Crippen molar-refractivity contribution in [1.29, 1.82) is 0 Å². The Labute approximate surface area is 168 Å². The number of ether oxygens (including phenoxy) is 2. The summed E-state index contributed by atoms with van der Waals surface area (Å²) in [6.07, 6.45) is 2.05. The SMILES string of the molecule is CCCCOc1ccc(CNC(=O)Cc2nc(C)c(C(=O)[O-])s2)cc1OCC. The van der Waals surface area contributed by atoms with E-state index in [9.17, 15) is 14.7 Å². The Morgan fingerprint density at radius 3 is 2.64 bits per heavy atom. The Kier molecular flexibility index (Phi) is 8.25. The van der Waals surface area contributed by atoms with Gasteiger partial charge in [-0.1, -0.05) is 19.4 Å². The first-order chi connectivity index (χ1) is 13.4. The number of amides is 1. The number of aryl methyl sites for hydroxylation is 1. The summed E-state index contributed by atoms with van der Waals surface area (Å²) in [5.41, 5.74) is 1.25. The van der Waals surface area contributed by atoms with Gasteiger partial charge in [0, 0.05) is 6.54 Å². The van der Waals surface area contributed by atoms with Crippen LogP contribution in [0.3, 0.4) is 0 Å². The molecular weight excluding hydrogens is 380 g/mol. The molecule has 1 aromatic heterocycles. The predicted octanol–water partition coefficient (Wildman–Crippen LogP) is 2.25. The van der Waals surface area contributed by atoms with E-state index in [-0.39, 0.29) is 17.2 Å². The average Bonchev–Trinajstić information content (AvgIpc) is 3.02. The van der Waals surface area contributed by atoms with E-state index >= 15 is 0 Å². The molecule has 0 unspecified atom stereocenters. The van der Waals surface area contributed by atoms with Gasteiger partial charge in [-0.3, -0.25) is 4.79 Å². The molecule has 0 spiro atoms. The van der Waals surface area contributed by atoms with Crippen molar-refractivity contribution in [2.75, 3.05) is 13.2 Å². The van der Waals surface area contributed by atoms with Crippen LogP contribution in [-0.2, 0) is 17.8 Å². The van der Waals surface area contributed by atoms with Gasteiger partial charge in [-0.05, 0) is 38.0 Å². The van der Waals surface area contributed by atoms with Gasteiger partial charge in [0.15, 0.2) is 11.5 Å². The van der Waals surface area contributed by atoms with Crippen molar-refractivity contribution in [3.05, 3.63) is 39.3 Å². The maximum Gasteiger partial charge on any atom is 0.227 e. The van der Waals surface area contributed by atoms with Gasteiger partial charge in [-0.2, -0.15) is 0 Å². The van der Waals surface area contributed by atoms with Gasteiger partial charge in [0.05, 0.1) is 36.2 Å². The normalized spacial score (nSPS) is 10.5. The number of carboxylic acid groups (broad SMARTS) is 1. The summed E-state index contributed by atoms with van der Waals surface area (Å²) in [6, 6.07) is 5.58. The smallest absolute Gasteiger partial charge is 0.227 e. The van der Waals surface area contributed by atoms with Crippen LogP contribution in [0.2, 0.25) is 0 Å². The largest absolute Gasteiger partial charge is 0.544 e. The van der Waals surface area contributed by atoms with E-state index < -0.39 is 5.97 Å². The molecule has 0 saturated carbocycles. The molecule has 1 heterocycles. The van der Waals surface area contributed by atoms with E-state index in [4.69, 9.17) is 9.47 Å². The summed E-state index contributed by atoms with van der Waals surface area (Å²) in [7, 11) is 0. The summed E-state index contributed by atoms with van der Waals surface area (Å²) < 4.78 is 11.4. The molecule has 0 fully saturated rings. The van der Waals surface area contributed by atoms with Crippen LogP contribution in [0.25, 0.3) is 0 Å². The Morgan fingerprint density at radius 1 is 1.21 bits per heavy atom. The summed E-state index contributed by atoms with van der Waals surface area (Å²) >= 11 is 0.967. The number of carboxylic acids is 1. The topological polar surface area (TPSA) is 101 Å². The van der Waals surface area contributed by atoms with Crippen LogP contribution in [0.5, 0.6) is 11.5 Å². The monoisotopic (exact) mass is 405 g/mol. The minimum absolute atomic E-state index is 0.0231. The first-order valence-corrected chi connectivity index (χ1v) is 10.1. The zero-order valence-corrected chi connectivity index (χ0v) is 17.2. The Balaban J connectivity index is 1.95. The van der Waals surface area contributed by atoms with Crippen LogP contribution in [0, 0.1) is 6.92 Å². The van der Waals surface area contributed by atoms with E-state index in [2.05, 4.69) is 17.2 Å². The lowest BCUT2D eigenvalue weighted by atomic mass is 10.2. The van der Waals surface area contributed by atoms with E-state index in [1.807, 2.05) is 25.1 Å². The molecule has 28 heavy (non-hydrogen) atoms. The van der Waals surface area contributed by atoms with E-state index in [0.29, 0.717) is 42.0 Å². The van der Waals surface area contributed by atoms with Gasteiger partial charge >= 0.3 is 0 Å². The third-order valence-corrected chi connectivity index (χ3v) is 5.03. The molecular formula is C20H25N2O5S-. The lowest BCUT2D eigenvalue weighted by Crippen LogP contribution is -2.24. The van der Waals surface area contributed by atoms with E-state index in [0.717, 1.165) is 29.7 Å². The number of carbonyl (C=O) groups excluding carboxylic acids is 2. The number of nitrogens with zero attached hydrogens (tertiary/aromatic N) is 1. The van der Waals surface area contributed by atoms with Crippen molar-refractivity contribution in [3.8, 4) is 11.5 Å². The fourth-order valence-corrected chi connectivity index (χ4v) is 3.39. The van der Waals surface area contributed by atoms with Crippen LogP contribution in [0.15, 0.2) is 18.2 Å². The number of aromatic carboxylic acids is 1. The van der Waals surface area contributed by atoms with E-state index in [1.165, 1.54) is 0 Å². The number of rotatable bonds is 11. The molecule has 1 N–H and O–H groups in total. The minimum atomic E-state index is -1.27. The Hall–Kier alpha value is -2.61. The molecule has 7 nitrogen and oxygen atoms in total. The number of carbonyl (C=O) groups is 2. The lowest BCUT2D eigenvalue weighted by Gasteiger charge is -2.13. The number of unbranched alkanes of at least 4 members (excludes halogenated alkanes) is 1. The summed E-state index contributed by atoms with van der Waals surface area (Å²) in [6.45, 7) is 7.07. The molecule has 0 aliphatic carbocycles. The Morgan fingerprint density at radius 2 is 2.00 bits per heavy atom. The van der Waals surface area contributed by atoms with Crippen molar-refractivity contribution >= 4 is 23.2 Å². The maximum absolute atomic E-state index is 12.2. The predicted molar refractivity (Wildman–Crippen MR) is 105 cm³/mol. The van der Waals surface area contributed by atoms with Gasteiger partial charge in [0.25, 0.3) is 0 Å². The highest BCUT2D eigenvalue weighted by Crippen LogP contribution is 2.28. The van der Waals surface area contributed by atoms with Crippen molar-refractivity contribution in [2.24, 2.45) is 0 Å². The summed E-state index contributed by atoms with van der Waals surface area (Å²) in [5, 5.41) is 14.2. The fraction of sp³-hybridized carbons (Fsp3) is 0.450. The van der Waals surface area contributed by atoms with Crippen molar-refractivity contribution in [3.63, 3.8) is 0 Å². The molecule has 0 aliphatic heterocycles. The van der Waals surface area contributed by atoms with Crippen LogP contribution in [0.1, 0.15) is 52.6 Å². The molecule has 2 aromatic rings. The molecule has 152 valence electrons. The number of thiazole rings is 1. The molecule has 0 atom stereocenters. The van der Waals surface area contributed by atoms with Gasteiger partial charge in [-0.15, -0.1) is 11.3 Å². The average molecular weight is 405 g/mol.